The molecule has 0 bridgehead atoms. The first-order valence-electron chi connectivity index (χ1n) is 8.13. The Labute approximate surface area is 153 Å². The number of carbonyl (C=O) groups excluding carboxylic acids is 1. The van der Waals surface area contributed by atoms with Crippen molar-refractivity contribution in [3.63, 3.8) is 0 Å². The smallest absolute Gasteiger partial charge is 0.244 e. The van der Waals surface area contributed by atoms with E-state index in [0.29, 0.717) is 29.2 Å². The van der Waals surface area contributed by atoms with Crippen LogP contribution in [0.1, 0.15) is 16.7 Å². The van der Waals surface area contributed by atoms with Gasteiger partial charge < -0.3 is 20.1 Å². The van der Waals surface area contributed by atoms with Gasteiger partial charge in [-0.3, -0.25) is 4.79 Å². The average molecular weight is 352 g/mol. The second-order valence-corrected chi connectivity index (χ2v) is 5.81. The normalized spacial score (nSPS) is 11.3. The van der Waals surface area contributed by atoms with Crippen LogP contribution in [0.15, 0.2) is 42.5 Å². The number of hydrogen-bond donors (Lipinski definition) is 2. The topological polar surface area (TPSA) is 85.6 Å². The van der Waals surface area contributed by atoms with E-state index in [4.69, 9.17) is 10.00 Å². The van der Waals surface area contributed by atoms with Crippen LogP contribution in [0.4, 0.5) is 5.69 Å². The summed E-state index contributed by atoms with van der Waals surface area (Å²) in [6, 6.07) is 14.0. The van der Waals surface area contributed by atoms with E-state index in [0.717, 1.165) is 5.56 Å². The van der Waals surface area contributed by atoms with E-state index in [-0.39, 0.29) is 12.5 Å². The number of amides is 1. The first kappa shape index (κ1) is 19.3. The minimum Gasteiger partial charge on any atom is -0.489 e. The number of hydrogen-bond acceptors (Lipinski definition) is 5. The number of anilines is 1. The molecule has 1 atom stereocenters. The lowest BCUT2D eigenvalue weighted by Gasteiger charge is -2.28. The predicted molar refractivity (Wildman–Crippen MR) is 99.7 cm³/mol. The Kier molecular flexibility index (Phi) is 6.59. The second kappa shape index (κ2) is 8.88. The van der Waals surface area contributed by atoms with E-state index >= 15 is 0 Å². The van der Waals surface area contributed by atoms with E-state index in [1.807, 2.05) is 12.1 Å². The highest BCUT2D eigenvalue weighted by atomic mass is 16.5. The summed E-state index contributed by atoms with van der Waals surface area (Å²) < 4.78 is 5.81. The van der Waals surface area contributed by atoms with Crippen molar-refractivity contribution in [1.82, 2.24) is 5.32 Å². The van der Waals surface area contributed by atoms with Crippen molar-refractivity contribution in [3.05, 3.63) is 66.1 Å². The molecule has 0 aliphatic rings. The minimum absolute atomic E-state index is 0.283. The van der Waals surface area contributed by atoms with Crippen LogP contribution in [0.3, 0.4) is 0 Å². The molecule has 0 aliphatic heterocycles. The first-order valence-corrected chi connectivity index (χ1v) is 8.13. The highest BCUT2D eigenvalue weighted by Crippen LogP contribution is 2.27. The van der Waals surface area contributed by atoms with Crippen molar-refractivity contribution < 1.29 is 14.6 Å². The molecular formula is C20H22N3O3. The van der Waals surface area contributed by atoms with Gasteiger partial charge in [-0.05, 0) is 36.2 Å². The van der Waals surface area contributed by atoms with Gasteiger partial charge in [0.05, 0.1) is 18.2 Å². The van der Waals surface area contributed by atoms with Gasteiger partial charge >= 0.3 is 0 Å². The van der Waals surface area contributed by atoms with Crippen LogP contribution in [0.2, 0.25) is 0 Å². The summed E-state index contributed by atoms with van der Waals surface area (Å²) in [5.74, 6) is 0.323. The Hall–Kier alpha value is -3.04. The number of carbonyl (C=O) groups is 1. The fourth-order valence-corrected chi connectivity index (χ4v) is 2.57. The molecule has 0 saturated carbocycles. The van der Waals surface area contributed by atoms with Crippen LogP contribution >= 0.6 is 0 Å². The Morgan fingerprint density at radius 2 is 2.15 bits per heavy atom. The summed E-state index contributed by atoms with van der Waals surface area (Å²) >= 11 is 0. The van der Waals surface area contributed by atoms with Crippen LogP contribution in [-0.4, -0.2) is 37.8 Å². The summed E-state index contributed by atoms with van der Waals surface area (Å²) in [6.07, 6.45) is 0. The molecule has 0 spiro atoms. The Balaban J connectivity index is 2.18. The number of rotatable bonds is 7. The molecule has 2 rings (SSSR count). The number of nitrogens with one attached hydrogen (secondary N) is 1. The SMILES string of the molecule is [CH2]c1ccc(OCc2cccc(C#N)c2)cc1N(C)C(CO)C(=O)NC. The van der Waals surface area contributed by atoms with E-state index < -0.39 is 6.04 Å². The maximum Gasteiger partial charge on any atom is 0.244 e. The average Bonchev–Trinajstić information content (AvgIpc) is 2.67. The number of aliphatic hydroxyl groups excluding tert-OH is 1. The molecule has 0 aromatic heterocycles. The van der Waals surface area contributed by atoms with Gasteiger partial charge in [0, 0.05) is 25.8 Å². The molecule has 0 aliphatic carbocycles. The lowest BCUT2D eigenvalue weighted by molar-refractivity contribution is -0.122. The van der Waals surface area contributed by atoms with E-state index in [1.165, 1.54) is 7.05 Å². The molecule has 0 saturated heterocycles. The van der Waals surface area contributed by atoms with Crippen molar-refractivity contribution >= 4 is 11.6 Å². The number of ether oxygens (including phenoxy) is 1. The highest BCUT2D eigenvalue weighted by Gasteiger charge is 2.23. The van der Waals surface area contributed by atoms with Gasteiger partial charge in [-0.15, -0.1) is 0 Å². The highest BCUT2D eigenvalue weighted by molar-refractivity contribution is 5.85. The molecule has 1 radical (unpaired) electrons. The zero-order valence-electron chi connectivity index (χ0n) is 14.9. The molecule has 2 N–H and O–H groups in total. The third kappa shape index (κ3) is 4.52. The molecule has 6 nitrogen and oxygen atoms in total. The van der Waals surface area contributed by atoms with Crippen LogP contribution in [0.5, 0.6) is 5.75 Å². The predicted octanol–water partition coefficient (Wildman–Crippen LogP) is 1.86. The molecule has 2 aromatic rings. The third-order valence-electron chi connectivity index (χ3n) is 4.09. The molecule has 6 heteroatoms. The maximum atomic E-state index is 11.9. The number of likely N-dealkylation sites (N-methyl/N-ethyl adjacent to an activating group) is 2. The summed E-state index contributed by atoms with van der Waals surface area (Å²) in [5, 5.41) is 21.0. The number of aliphatic hydroxyl groups is 1. The molecule has 26 heavy (non-hydrogen) atoms. The van der Waals surface area contributed by atoms with Gasteiger partial charge in [-0.25, -0.2) is 0 Å². The van der Waals surface area contributed by atoms with Crippen molar-refractivity contribution in [2.24, 2.45) is 0 Å². The molecule has 2 aromatic carbocycles. The number of nitriles is 1. The lowest BCUT2D eigenvalue weighted by atomic mass is 10.1. The van der Waals surface area contributed by atoms with E-state index in [9.17, 15) is 9.90 Å². The van der Waals surface area contributed by atoms with Crippen LogP contribution < -0.4 is 15.0 Å². The fraction of sp³-hybridized carbons (Fsp3) is 0.250. The summed E-state index contributed by atoms with van der Waals surface area (Å²) in [6.45, 7) is 3.97. The monoisotopic (exact) mass is 352 g/mol. The van der Waals surface area contributed by atoms with E-state index in [2.05, 4.69) is 18.3 Å². The Morgan fingerprint density at radius 3 is 2.81 bits per heavy atom. The lowest BCUT2D eigenvalue weighted by Crippen LogP contribution is -2.46. The number of nitrogens with zero attached hydrogens (tertiary/aromatic N) is 2. The zero-order valence-corrected chi connectivity index (χ0v) is 14.9. The zero-order chi connectivity index (χ0) is 19.1. The largest absolute Gasteiger partial charge is 0.489 e. The summed E-state index contributed by atoms with van der Waals surface area (Å²) in [7, 11) is 3.25. The first-order chi connectivity index (χ1) is 12.5. The van der Waals surface area contributed by atoms with Crippen molar-refractivity contribution in [3.8, 4) is 11.8 Å². The molecular weight excluding hydrogens is 330 g/mol. The van der Waals surface area contributed by atoms with Gasteiger partial charge in [0.1, 0.15) is 18.4 Å². The summed E-state index contributed by atoms with van der Waals surface area (Å²) in [5.41, 5.74) is 2.87. The van der Waals surface area contributed by atoms with E-state index in [1.54, 1.807) is 42.3 Å². The minimum atomic E-state index is -0.719. The van der Waals surface area contributed by atoms with Crippen molar-refractivity contribution in [2.75, 3.05) is 25.6 Å². The summed E-state index contributed by atoms with van der Waals surface area (Å²) in [4.78, 5) is 13.6. The second-order valence-electron chi connectivity index (χ2n) is 5.81. The molecule has 0 fully saturated rings. The third-order valence-corrected chi connectivity index (χ3v) is 4.09. The van der Waals surface area contributed by atoms with Gasteiger partial charge in [-0.2, -0.15) is 5.26 Å². The quantitative estimate of drug-likeness (QED) is 0.794. The molecule has 1 amide bonds. The maximum absolute atomic E-state index is 11.9. The van der Waals surface area contributed by atoms with Gasteiger partial charge in [0.15, 0.2) is 0 Å². The standard InChI is InChI=1S/C20H22N3O3/c1-14-7-8-17(26-13-16-6-4-5-15(9-16)11-21)10-18(14)23(3)19(12-24)20(25)22-2/h4-10,19,24H,1,12-13H2,2-3H3,(H,22,25). The van der Waals surface area contributed by atoms with Crippen LogP contribution in [0.25, 0.3) is 0 Å². The van der Waals surface area contributed by atoms with Crippen LogP contribution in [-0.2, 0) is 11.4 Å². The van der Waals surface area contributed by atoms with Crippen molar-refractivity contribution in [2.45, 2.75) is 12.6 Å². The van der Waals surface area contributed by atoms with Crippen molar-refractivity contribution in [1.29, 1.82) is 5.26 Å². The molecule has 1 unspecified atom stereocenters. The molecule has 0 heterocycles. The van der Waals surface area contributed by atoms with Gasteiger partial charge in [0.2, 0.25) is 5.91 Å². The molecule has 135 valence electrons. The Bertz CT molecular complexity index is 814. The number of benzene rings is 2. The van der Waals surface area contributed by atoms with Gasteiger partial charge in [0.25, 0.3) is 0 Å². The fourth-order valence-electron chi connectivity index (χ4n) is 2.57. The van der Waals surface area contributed by atoms with Crippen LogP contribution in [0, 0.1) is 18.3 Å². The van der Waals surface area contributed by atoms with Gasteiger partial charge in [-0.1, -0.05) is 18.2 Å². The Morgan fingerprint density at radius 1 is 1.38 bits per heavy atom.